The van der Waals surface area contributed by atoms with Crippen molar-refractivity contribution in [3.8, 4) is 0 Å². The number of amides is 1. The van der Waals surface area contributed by atoms with Gasteiger partial charge in [-0.15, -0.1) is 0 Å². The van der Waals surface area contributed by atoms with Gasteiger partial charge in [0.15, 0.2) is 0 Å². The summed E-state index contributed by atoms with van der Waals surface area (Å²) in [5.41, 5.74) is 1.23. The van der Waals surface area contributed by atoms with Crippen molar-refractivity contribution >= 4 is 12.7 Å². The fourth-order valence-corrected chi connectivity index (χ4v) is 1.53. The molecule has 0 atom stereocenters. The summed E-state index contributed by atoms with van der Waals surface area (Å²) in [5, 5.41) is 1.46. The lowest BCUT2D eigenvalue weighted by Gasteiger charge is -2.19. The molecule has 1 rings (SSSR count). The van der Waals surface area contributed by atoms with Crippen LogP contribution in [0.1, 0.15) is 46.1 Å². The summed E-state index contributed by atoms with van der Waals surface area (Å²) in [4.78, 5) is 24.8. The second kappa shape index (κ2) is 26.5. The molecule has 0 radical (unpaired) electrons. The van der Waals surface area contributed by atoms with Crippen LogP contribution in [0.2, 0.25) is 0 Å². The zero-order valence-corrected chi connectivity index (χ0v) is 18.0. The van der Waals surface area contributed by atoms with Crippen LogP contribution in [-0.2, 0) is 30.3 Å². The lowest BCUT2D eigenvalue weighted by atomic mass is 10.2. The van der Waals surface area contributed by atoms with E-state index >= 15 is 0 Å². The van der Waals surface area contributed by atoms with Gasteiger partial charge in [-0.05, 0) is 32.3 Å². The Hall–Kier alpha value is -1.76. The number of carbonyl (C=O) groups excluding carboxylic acids is 2. The van der Waals surface area contributed by atoms with Gasteiger partial charge >= 0.3 is 0 Å². The van der Waals surface area contributed by atoms with Crippen molar-refractivity contribution in [3.63, 3.8) is 0 Å². The molecular formula is C21H39NO5. The Kier molecular flexibility index (Phi) is 29.4. The monoisotopic (exact) mass is 385 g/mol. The van der Waals surface area contributed by atoms with Crippen LogP contribution in [0.4, 0.5) is 0 Å². The Morgan fingerprint density at radius 3 is 1.85 bits per heavy atom. The highest BCUT2D eigenvalue weighted by molar-refractivity contribution is 5.71. The molecule has 0 bridgehead atoms. The summed E-state index contributed by atoms with van der Waals surface area (Å²) in [5.74, 6) is -0.0217. The van der Waals surface area contributed by atoms with Crippen molar-refractivity contribution in [1.29, 1.82) is 0 Å². The highest BCUT2D eigenvalue weighted by atomic mass is 16.7. The average molecular weight is 386 g/mol. The van der Waals surface area contributed by atoms with E-state index in [1.54, 1.807) is 14.2 Å². The number of hydrogen-bond donors (Lipinski definition) is 0. The molecule has 158 valence electrons. The van der Waals surface area contributed by atoms with Gasteiger partial charge < -0.3 is 14.3 Å². The fraction of sp³-hybridized carbons (Fsp3) is 0.619. The Morgan fingerprint density at radius 2 is 1.48 bits per heavy atom. The highest BCUT2D eigenvalue weighted by Gasteiger charge is 2.08. The minimum atomic E-state index is -0.0217. The van der Waals surface area contributed by atoms with Crippen molar-refractivity contribution in [2.75, 3.05) is 40.6 Å². The summed E-state index contributed by atoms with van der Waals surface area (Å²) in [6.07, 6.45) is 2.87. The van der Waals surface area contributed by atoms with Gasteiger partial charge in [-0.2, -0.15) is 0 Å². The predicted octanol–water partition coefficient (Wildman–Crippen LogP) is 3.93. The van der Waals surface area contributed by atoms with Gasteiger partial charge in [0, 0.05) is 40.9 Å². The average Bonchev–Trinajstić information content (AvgIpc) is 2.73. The van der Waals surface area contributed by atoms with E-state index in [1.165, 1.54) is 17.6 Å². The van der Waals surface area contributed by atoms with Gasteiger partial charge in [-0.25, -0.2) is 5.06 Å². The largest absolute Gasteiger partial charge is 0.385 e. The first-order valence-electron chi connectivity index (χ1n) is 9.28. The van der Waals surface area contributed by atoms with Crippen LogP contribution in [0.15, 0.2) is 30.3 Å². The van der Waals surface area contributed by atoms with Gasteiger partial charge in [-0.3, -0.25) is 9.63 Å². The number of nitrogens with zero attached hydrogens (tertiary/aromatic N) is 1. The summed E-state index contributed by atoms with van der Waals surface area (Å²) in [7, 11) is 3.36. The van der Waals surface area contributed by atoms with Crippen LogP contribution in [-0.4, -0.2) is 58.3 Å². The fourth-order valence-electron chi connectivity index (χ4n) is 1.53. The second-order valence-electron chi connectivity index (χ2n) is 5.20. The number of hydroxylamine groups is 2. The second-order valence-corrected chi connectivity index (χ2v) is 5.20. The molecule has 0 N–H and O–H groups in total. The topological polar surface area (TPSA) is 65.1 Å². The zero-order chi connectivity index (χ0) is 21.3. The van der Waals surface area contributed by atoms with Crippen LogP contribution in [0.25, 0.3) is 0 Å². The van der Waals surface area contributed by atoms with E-state index in [4.69, 9.17) is 9.63 Å². The molecule has 0 unspecified atom stereocenters. The van der Waals surface area contributed by atoms with E-state index in [9.17, 15) is 4.79 Å². The minimum absolute atomic E-state index is 0.0217. The number of carbonyl (C=O) groups is 2. The molecule has 27 heavy (non-hydrogen) atoms. The molecular weight excluding hydrogens is 346 g/mol. The molecule has 0 aliphatic carbocycles. The number of rotatable bonds is 9. The molecule has 0 fully saturated rings. The Morgan fingerprint density at radius 1 is 1.00 bits per heavy atom. The molecule has 0 aliphatic heterocycles. The van der Waals surface area contributed by atoms with Crippen molar-refractivity contribution in [2.45, 2.75) is 47.0 Å². The van der Waals surface area contributed by atoms with Crippen LogP contribution in [0, 0.1) is 0 Å². The van der Waals surface area contributed by atoms with E-state index in [0.29, 0.717) is 13.2 Å². The summed E-state index contributed by atoms with van der Waals surface area (Å²) in [6, 6.07) is 10.1. The molecule has 6 heteroatoms. The Balaban J connectivity index is -0.000000480. The Bertz CT molecular complexity index is 393. The lowest BCUT2D eigenvalue weighted by Crippen LogP contribution is -2.30. The quantitative estimate of drug-likeness (QED) is 0.603. The molecule has 0 aromatic heterocycles. The summed E-state index contributed by atoms with van der Waals surface area (Å²) < 4.78 is 9.08. The van der Waals surface area contributed by atoms with Crippen molar-refractivity contribution in [1.82, 2.24) is 5.06 Å². The van der Waals surface area contributed by atoms with E-state index in [1.807, 2.05) is 38.8 Å². The minimum Gasteiger partial charge on any atom is -0.385 e. The molecule has 1 amide bonds. The summed E-state index contributed by atoms with van der Waals surface area (Å²) in [6.45, 7) is 12.4. The van der Waals surface area contributed by atoms with Crippen LogP contribution in [0.3, 0.4) is 0 Å². The van der Waals surface area contributed by atoms with Gasteiger partial charge in [0.2, 0.25) is 5.91 Å². The number of benzene rings is 1. The maximum atomic E-state index is 11.3. The van der Waals surface area contributed by atoms with E-state index < -0.39 is 0 Å². The van der Waals surface area contributed by atoms with Gasteiger partial charge in [-0.1, -0.05) is 43.7 Å². The van der Waals surface area contributed by atoms with Gasteiger partial charge in [0.1, 0.15) is 6.79 Å². The van der Waals surface area contributed by atoms with Crippen LogP contribution < -0.4 is 0 Å². The van der Waals surface area contributed by atoms with Gasteiger partial charge in [0.25, 0.3) is 0 Å². The first-order chi connectivity index (χ1) is 13.1. The van der Waals surface area contributed by atoms with Crippen molar-refractivity contribution in [2.24, 2.45) is 0 Å². The number of unbranched alkanes of at least 4 members (excludes halogenated alkanes) is 1. The van der Waals surface area contributed by atoms with E-state index in [-0.39, 0.29) is 5.91 Å². The van der Waals surface area contributed by atoms with Crippen LogP contribution >= 0.6 is 0 Å². The smallest absolute Gasteiger partial charge is 0.242 e. The van der Waals surface area contributed by atoms with E-state index in [2.05, 4.69) is 28.5 Å². The van der Waals surface area contributed by atoms with Gasteiger partial charge in [0.05, 0.1) is 6.61 Å². The first kappa shape index (κ1) is 30.0. The third-order valence-corrected chi connectivity index (χ3v) is 3.12. The molecule has 1 aromatic carbocycles. The SMILES string of the molecule is C=O.CCCCN(OCCc1ccccc1)C(C)=O.CCOC.CCOC. The van der Waals surface area contributed by atoms with Crippen molar-refractivity contribution < 1.29 is 23.9 Å². The molecule has 0 spiro atoms. The number of methoxy groups -OCH3 is 2. The van der Waals surface area contributed by atoms with Crippen molar-refractivity contribution in [3.05, 3.63) is 35.9 Å². The van der Waals surface area contributed by atoms with Crippen LogP contribution in [0.5, 0.6) is 0 Å². The molecule has 0 heterocycles. The zero-order valence-electron chi connectivity index (χ0n) is 18.0. The maximum Gasteiger partial charge on any atom is 0.242 e. The first-order valence-corrected chi connectivity index (χ1v) is 9.28. The maximum absolute atomic E-state index is 11.3. The standard InChI is InChI=1S/C14H21NO2.2C3H8O.CH2O/c1-3-4-11-15(13(2)16)17-12-10-14-8-6-5-7-9-14;2*1-3-4-2;1-2/h5-9H,3-4,10-12H2,1-2H3;2*3H2,1-2H3;1H2. The normalized spacial score (nSPS) is 8.81. The molecule has 6 nitrogen and oxygen atoms in total. The third-order valence-electron chi connectivity index (χ3n) is 3.12. The highest BCUT2D eigenvalue weighted by Crippen LogP contribution is 2.02. The summed E-state index contributed by atoms with van der Waals surface area (Å²) >= 11 is 0. The van der Waals surface area contributed by atoms with E-state index in [0.717, 1.165) is 32.5 Å². The molecule has 1 aromatic rings. The Labute approximate surface area is 165 Å². The third kappa shape index (κ3) is 24.2. The number of hydrogen-bond acceptors (Lipinski definition) is 5. The number of ether oxygens (including phenoxy) is 2. The molecule has 0 saturated carbocycles. The predicted molar refractivity (Wildman–Crippen MR) is 111 cm³/mol. The molecule has 0 aliphatic rings. The lowest BCUT2D eigenvalue weighted by molar-refractivity contribution is -0.184. The molecule has 0 saturated heterocycles.